The number of rotatable bonds is 8. The zero-order chi connectivity index (χ0) is 12.9. The quantitative estimate of drug-likeness (QED) is 0.529. The van der Waals surface area contributed by atoms with Gasteiger partial charge in [-0.25, -0.2) is 0 Å². The maximum absolute atomic E-state index is 11.9. The molecule has 17 heavy (non-hydrogen) atoms. The highest BCUT2D eigenvalue weighted by atomic mass is 19.4. The Balaban J connectivity index is 2.17. The zero-order valence-corrected chi connectivity index (χ0v) is 10.1. The van der Waals surface area contributed by atoms with Gasteiger partial charge in [-0.2, -0.15) is 13.2 Å². The summed E-state index contributed by atoms with van der Waals surface area (Å²) in [7, 11) is 0. The van der Waals surface area contributed by atoms with Gasteiger partial charge in [0, 0.05) is 19.2 Å². The van der Waals surface area contributed by atoms with Crippen LogP contribution in [0.4, 0.5) is 13.2 Å². The molecule has 0 spiro atoms. The second-order valence-electron chi connectivity index (χ2n) is 4.93. The van der Waals surface area contributed by atoms with Gasteiger partial charge >= 0.3 is 6.18 Å². The first kappa shape index (κ1) is 14.5. The molecular formula is C12H20F3NO. The normalized spacial score (nSPS) is 20.0. The van der Waals surface area contributed by atoms with Gasteiger partial charge in [-0.05, 0) is 24.7 Å². The van der Waals surface area contributed by atoms with Crippen LogP contribution in [-0.2, 0) is 4.74 Å². The summed E-state index contributed by atoms with van der Waals surface area (Å²) >= 11 is 0. The first-order valence-corrected chi connectivity index (χ1v) is 5.86. The molecule has 1 N–H and O–H groups in total. The maximum Gasteiger partial charge on any atom is 0.411 e. The molecule has 0 bridgehead atoms. The highest BCUT2D eigenvalue weighted by molar-refractivity contribution is 4.95. The standard InChI is InChI=1S/C12H20F3NO/c1-3-11(2,8-16-10-4-5-10)6-7-17-9-12(13,14)15/h3,10,16H,1,4-9H2,2H3. The van der Waals surface area contributed by atoms with Crippen molar-refractivity contribution in [2.45, 2.75) is 38.4 Å². The number of alkyl halides is 3. The van der Waals surface area contributed by atoms with Gasteiger partial charge in [0.25, 0.3) is 0 Å². The van der Waals surface area contributed by atoms with Crippen LogP contribution in [0.25, 0.3) is 0 Å². The van der Waals surface area contributed by atoms with Gasteiger partial charge in [-0.15, -0.1) is 6.58 Å². The molecule has 0 aromatic carbocycles. The van der Waals surface area contributed by atoms with Gasteiger partial charge < -0.3 is 10.1 Å². The van der Waals surface area contributed by atoms with Crippen molar-refractivity contribution in [1.29, 1.82) is 0 Å². The molecule has 100 valence electrons. The lowest BCUT2D eigenvalue weighted by atomic mass is 9.87. The molecule has 1 atom stereocenters. The van der Waals surface area contributed by atoms with E-state index < -0.39 is 12.8 Å². The topological polar surface area (TPSA) is 21.3 Å². The van der Waals surface area contributed by atoms with E-state index in [1.54, 1.807) is 6.08 Å². The number of hydrogen-bond donors (Lipinski definition) is 1. The number of halogens is 3. The Morgan fingerprint density at radius 3 is 2.53 bits per heavy atom. The lowest BCUT2D eigenvalue weighted by Crippen LogP contribution is -2.33. The molecule has 0 radical (unpaired) electrons. The molecule has 1 aliphatic carbocycles. The Morgan fingerprint density at radius 1 is 1.41 bits per heavy atom. The fraction of sp³-hybridized carbons (Fsp3) is 0.833. The Morgan fingerprint density at radius 2 is 2.06 bits per heavy atom. The third-order valence-corrected chi connectivity index (χ3v) is 2.95. The number of hydrogen-bond acceptors (Lipinski definition) is 2. The summed E-state index contributed by atoms with van der Waals surface area (Å²) in [4.78, 5) is 0. The Hall–Kier alpha value is -0.550. The van der Waals surface area contributed by atoms with Gasteiger partial charge in [0.2, 0.25) is 0 Å². The van der Waals surface area contributed by atoms with Gasteiger partial charge in [-0.1, -0.05) is 13.0 Å². The van der Waals surface area contributed by atoms with Crippen molar-refractivity contribution >= 4 is 0 Å². The number of nitrogens with one attached hydrogen (secondary N) is 1. The largest absolute Gasteiger partial charge is 0.411 e. The molecule has 1 fully saturated rings. The molecular weight excluding hydrogens is 231 g/mol. The Labute approximate surface area is 100 Å². The molecule has 0 heterocycles. The molecule has 0 aromatic rings. The fourth-order valence-corrected chi connectivity index (χ4v) is 1.42. The van der Waals surface area contributed by atoms with Crippen LogP contribution in [0, 0.1) is 5.41 Å². The monoisotopic (exact) mass is 251 g/mol. The first-order valence-electron chi connectivity index (χ1n) is 5.86. The van der Waals surface area contributed by atoms with Gasteiger partial charge in [0.15, 0.2) is 0 Å². The number of ether oxygens (including phenoxy) is 1. The molecule has 0 saturated heterocycles. The van der Waals surface area contributed by atoms with E-state index in [9.17, 15) is 13.2 Å². The van der Waals surface area contributed by atoms with E-state index in [0.717, 1.165) is 6.54 Å². The molecule has 1 aliphatic rings. The van der Waals surface area contributed by atoms with Crippen molar-refractivity contribution in [2.24, 2.45) is 5.41 Å². The third kappa shape index (κ3) is 6.68. The molecule has 0 amide bonds. The molecule has 5 heteroatoms. The van der Waals surface area contributed by atoms with Crippen molar-refractivity contribution in [3.8, 4) is 0 Å². The van der Waals surface area contributed by atoms with Crippen molar-refractivity contribution < 1.29 is 17.9 Å². The van der Waals surface area contributed by atoms with Crippen LogP contribution in [0.3, 0.4) is 0 Å². The lowest BCUT2D eigenvalue weighted by molar-refractivity contribution is -0.175. The van der Waals surface area contributed by atoms with E-state index in [2.05, 4.69) is 16.6 Å². The first-order chi connectivity index (χ1) is 7.85. The fourth-order valence-electron chi connectivity index (χ4n) is 1.42. The third-order valence-electron chi connectivity index (χ3n) is 2.95. The zero-order valence-electron chi connectivity index (χ0n) is 10.1. The minimum absolute atomic E-state index is 0.106. The summed E-state index contributed by atoms with van der Waals surface area (Å²) in [5.74, 6) is 0. The minimum Gasteiger partial charge on any atom is -0.372 e. The van der Waals surface area contributed by atoms with E-state index in [4.69, 9.17) is 0 Å². The Bertz CT molecular complexity index is 251. The predicted molar refractivity (Wildman–Crippen MR) is 60.8 cm³/mol. The lowest BCUT2D eigenvalue weighted by Gasteiger charge is -2.26. The molecule has 0 aliphatic heterocycles. The highest BCUT2D eigenvalue weighted by Gasteiger charge is 2.29. The van der Waals surface area contributed by atoms with Crippen molar-refractivity contribution in [2.75, 3.05) is 19.8 Å². The summed E-state index contributed by atoms with van der Waals surface area (Å²) in [6.07, 6.45) is 0.484. The van der Waals surface area contributed by atoms with Crippen LogP contribution in [0.1, 0.15) is 26.2 Å². The SMILES string of the molecule is C=CC(C)(CCOCC(F)(F)F)CNC1CC1. The van der Waals surface area contributed by atoms with Crippen molar-refractivity contribution in [1.82, 2.24) is 5.32 Å². The Kier molecular flexibility index (Phi) is 5.01. The van der Waals surface area contributed by atoms with Crippen LogP contribution in [0.5, 0.6) is 0 Å². The summed E-state index contributed by atoms with van der Waals surface area (Å²) in [5, 5.41) is 3.36. The van der Waals surface area contributed by atoms with E-state index in [1.165, 1.54) is 12.8 Å². The van der Waals surface area contributed by atoms with Crippen LogP contribution in [-0.4, -0.2) is 32.0 Å². The van der Waals surface area contributed by atoms with Gasteiger partial charge in [0.05, 0.1) is 0 Å². The minimum atomic E-state index is -4.24. The summed E-state index contributed by atoms with van der Waals surface area (Å²) in [5.41, 5.74) is -0.200. The molecule has 2 nitrogen and oxygen atoms in total. The average molecular weight is 251 g/mol. The van der Waals surface area contributed by atoms with Crippen LogP contribution in [0.15, 0.2) is 12.7 Å². The molecule has 1 rings (SSSR count). The summed E-state index contributed by atoms with van der Waals surface area (Å²) < 4.78 is 40.2. The van der Waals surface area contributed by atoms with Crippen LogP contribution in [0.2, 0.25) is 0 Å². The second-order valence-corrected chi connectivity index (χ2v) is 4.93. The van der Waals surface area contributed by atoms with Gasteiger partial charge in [0.1, 0.15) is 6.61 Å². The molecule has 1 saturated carbocycles. The van der Waals surface area contributed by atoms with Crippen molar-refractivity contribution in [3.63, 3.8) is 0 Å². The maximum atomic E-state index is 11.9. The highest BCUT2D eigenvalue weighted by Crippen LogP contribution is 2.26. The summed E-state index contributed by atoms with van der Waals surface area (Å²) in [6, 6.07) is 0.588. The summed E-state index contributed by atoms with van der Waals surface area (Å²) in [6.45, 7) is 5.40. The van der Waals surface area contributed by atoms with Crippen LogP contribution >= 0.6 is 0 Å². The smallest absolute Gasteiger partial charge is 0.372 e. The molecule has 1 unspecified atom stereocenters. The predicted octanol–water partition coefficient (Wildman–Crippen LogP) is 2.90. The molecule has 0 aromatic heterocycles. The van der Waals surface area contributed by atoms with Crippen LogP contribution < -0.4 is 5.32 Å². The van der Waals surface area contributed by atoms with E-state index >= 15 is 0 Å². The van der Waals surface area contributed by atoms with E-state index in [1.807, 2.05) is 6.92 Å². The van der Waals surface area contributed by atoms with Gasteiger partial charge in [-0.3, -0.25) is 0 Å². The van der Waals surface area contributed by atoms with Crippen molar-refractivity contribution in [3.05, 3.63) is 12.7 Å². The van der Waals surface area contributed by atoms with E-state index in [0.29, 0.717) is 12.5 Å². The van der Waals surface area contributed by atoms with E-state index in [-0.39, 0.29) is 12.0 Å². The average Bonchev–Trinajstić information content (AvgIpc) is 3.04. The second kappa shape index (κ2) is 5.87.